The number of carbonyl (C=O) groups excluding carboxylic acids is 1. The molecule has 0 bridgehead atoms. The predicted molar refractivity (Wildman–Crippen MR) is 94.4 cm³/mol. The highest BCUT2D eigenvalue weighted by atomic mass is 32.2. The van der Waals surface area contributed by atoms with Crippen LogP contribution in [0.2, 0.25) is 0 Å². The van der Waals surface area contributed by atoms with Gasteiger partial charge in [0, 0.05) is 11.2 Å². The van der Waals surface area contributed by atoms with E-state index in [-0.39, 0.29) is 33.4 Å². The molecule has 0 spiro atoms. The van der Waals surface area contributed by atoms with Crippen molar-refractivity contribution in [3.05, 3.63) is 0 Å². The van der Waals surface area contributed by atoms with Crippen LogP contribution >= 0.6 is 11.8 Å². The standard InChI is InChI=1S/C18H34O3S/c1-15(2,3)11-17(6,7)21-18(8,9)12-16(4,5)13-10-22-14(19)20-13/h13H,10-12H2,1-9H3. The largest absolute Gasteiger partial charge is 0.453 e. The van der Waals surface area contributed by atoms with Crippen LogP contribution in [0.3, 0.4) is 0 Å². The number of ether oxygens (including phenoxy) is 2. The summed E-state index contributed by atoms with van der Waals surface area (Å²) >= 11 is 1.28. The minimum atomic E-state index is -0.266. The van der Waals surface area contributed by atoms with Crippen LogP contribution in [0, 0.1) is 10.8 Å². The minimum absolute atomic E-state index is 0.0291. The number of hydrogen-bond acceptors (Lipinski definition) is 4. The van der Waals surface area contributed by atoms with Gasteiger partial charge in [0.05, 0.1) is 11.2 Å². The van der Waals surface area contributed by atoms with Crippen LogP contribution in [0.15, 0.2) is 0 Å². The van der Waals surface area contributed by atoms with Crippen molar-refractivity contribution in [2.75, 3.05) is 5.75 Å². The van der Waals surface area contributed by atoms with E-state index in [0.29, 0.717) is 0 Å². The zero-order valence-corrected chi connectivity index (χ0v) is 16.6. The van der Waals surface area contributed by atoms with Crippen molar-refractivity contribution >= 4 is 17.1 Å². The van der Waals surface area contributed by atoms with Crippen LogP contribution in [-0.2, 0) is 9.47 Å². The van der Waals surface area contributed by atoms with Gasteiger partial charge >= 0.3 is 5.30 Å². The SMILES string of the molecule is CC(C)(C)CC(C)(C)OC(C)(C)CC(C)(C)C1CSC(=O)O1. The molecule has 1 fully saturated rings. The number of thioether (sulfide) groups is 1. The summed E-state index contributed by atoms with van der Waals surface area (Å²) in [5, 5.41) is -0.148. The van der Waals surface area contributed by atoms with Crippen LogP contribution in [0.5, 0.6) is 0 Å². The Labute approximate surface area is 140 Å². The molecule has 1 saturated heterocycles. The first kappa shape index (κ1) is 19.8. The molecule has 0 radical (unpaired) electrons. The van der Waals surface area contributed by atoms with E-state index >= 15 is 0 Å². The first-order valence-corrected chi connectivity index (χ1v) is 9.14. The molecule has 0 aromatic carbocycles. The van der Waals surface area contributed by atoms with Gasteiger partial charge in [-0.2, -0.15) is 0 Å². The van der Waals surface area contributed by atoms with Gasteiger partial charge in [0.15, 0.2) is 0 Å². The highest BCUT2D eigenvalue weighted by molar-refractivity contribution is 8.13. The predicted octanol–water partition coefficient (Wildman–Crippen LogP) is 5.66. The summed E-state index contributed by atoms with van der Waals surface area (Å²) in [6.07, 6.45) is 1.82. The molecule has 4 heteroatoms. The molecule has 1 rings (SSSR count). The second kappa shape index (κ2) is 6.35. The summed E-state index contributed by atoms with van der Waals surface area (Å²) in [6, 6.07) is 0. The Kier molecular flexibility index (Phi) is 5.72. The Morgan fingerprint density at radius 3 is 1.91 bits per heavy atom. The lowest BCUT2D eigenvalue weighted by Gasteiger charge is -2.43. The smallest absolute Gasteiger partial charge is 0.367 e. The fraction of sp³-hybridized carbons (Fsp3) is 0.944. The molecule has 0 aromatic rings. The normalized spacial score (nSPS) is 21.1. The van der Waals surface area contributed by atoms with Gasteiger partial charge < -0.3 is 9.47 Å². The molecule has 22 heavy (non-hydrogen) atoms. The average Bonchev–Trinajstić information content (AvgIpc) is 2.56. The fourth-order valence-electron chi connectivity index (χ4n) is 4.02. The van der Waals surface area contributed by atoms with E-state index in [1.807, 2.05) is 0 Å². The summed E-state index contributed by atoms with van der Waals surface area (Å²) in [4.78, 5) is 11.4. The van der Waals surface area contributed by atoms with Gasteiger partial charge in [-0.05, 0) is 57.7 Å². The fourth-order valence-corrected chi connectivity index (χ4v) is 5.01. The molecule has 3 nitrogen and oxygen atoms in total. The van der Waals surface area contributed by atoms with E-state index in [4.69, 9.17) is 9.47 Å². The number of carbonyl (C=O) groups is 1. The van der Waals surface area contributed by atoms with Crippen LogP contribution < -0.4 is 0 Å². The Morgan fingerprint density at radius 2 is 1.50 bits per heavy atom. The summed E-state index contributed by atoms with van der Waals surface area (Å²) < 4.78 is 11.9. The van der Waals surface area contributed by atoms with Crippen molar-refractivity contribution in [2.24, 2.45) is 10.8 Å². The van der Waals surface area contributed by atoms with E-state index in [0.717, 1.165) is 18.6 Å². The van der Waals surface area contributed by atoms with E-state index < -0.39 is 0 Å². The first-order chi connectivity index (χ1) is 9.62. The monoisotopic (exact) mass is 330 g/mol. The van der Waals surface area contributed by atoms with Gasteiger partial charge in [0.25, 0.3) is 0 Å². The van der Waals surface area contributed by atoms with E-state index in [9.17, 15) is 4.79 Å². The van der Waals surface area contributed by atoms with Gasteiger partial charge in [0.2, 0.25) is 0 Å². The van der Waals surface area contributed by atoms with Crippen LogP contribution in [0.4, 0.5) is 4.79 Å². The quantitative estimate of drug-likeness (QED) is 0.588. The van der Waals surface area contributed by atoms with Crippen LogP contribution in [-0.4, -0.2) is 28.4 Å². The van der Waals surface area contributed by atoms with E-state index in [1.54, 1.807) is 0 Å². The number of rotatable bonds is 6. The molecule has 1 unspecified atom stereocenters. The molecule has 0 saturated carbocycles. The molecule has 0 amide bonds. The summed E-state index contributed by atoms with van der Waals surface area (Å²) in [7, 11) is 0. The Bertz CT molecular complexity index is 405. The minimum Gasteiger partial charge on any atom is -0.453 e. The Balaban J connectivity index is 2.71. The van der Waals surface area contributed by atoms with E-state index in [1.165, 1.54) is 11.8 Å². The summed E-state index contributed by atoms with van der Waals surface area (Å²) in [5.74, 6) is 0.743. The molecule has 130 valence electrons. The zero-order chi connectivity index (χ0) is 17.4. The summed E-state index contributed by atoms with van der Waals surface area (Å²) in [6.45, 7) is 19.7. The maximum absolute atomic E-state index is 11.4. The van der Waals surface area contributed by atoms with Crippen LogP contribution in [0.1, 0.15) is 75.2 Å². The Hall–Kier alpha value is -0.220. The highest BCUT2D eigenvalue weighted by Gasteiger charge is 2.43. The third kappa shape index (κ3) is 6.49. The zero-order valence-electron chi connectivity index (χ0n) is 15.8. The lowest BCUT2D eigenvalue weighted by atomic mass is 9.77. The van der Waals surface area contributed by atoms with Gasteiger partial charge in [-0.15, -0.1) is 0 Å². The second-order valence-electron chi connectivity index (χ2n) is 9.69. The van der Waals surface area contributed by atoms with Gasteiger partial charge in [0.1, 0.15) is 6.10 Å². The Morgan fingerprint density at radius 1 is 1.00 bits per heavy atom. The molecular weight excluding hydrogens is 296 g/mol. The average molecular weight is 331 g/mol. The lowest BCUT2D eigenvalue weighted by molar-refractivity contribution is -0.156. The summed E-state index contributed by atoms with van der Waals surface area (Å²) in [5.41, 5.74) is -0.315. The van der Waals surface area contributed by atoms with Gasteiger partial charge in [-0.25, -0.2) is 4.79 Å². The molecule has 1 atom stereocenters. The van der Waals surface area contributed by atoms with Crippen molar-refractivity contribution in [1.29, 1.82) is 0 Å². The molecule has 0 N–H and O–H groups in total. The van der Waals surface area contributed by atoms with Crippen molar-refractivity contribution < 1.29 is 14.3 Å². The van der Waals surface area contributed by atoms with E-state index in [2.05, 4.69) is 62.3 Å². The molecule has 0 aliphatic carbocycles. The van der Waals surface area contributed by atoms with Gasteiger partial charge in [-0.1, -0.05) is 34.6 Å². The lowest BCUT2D eigenvalue weighted by Crippen LogP contribution is -2.44. The third-order valence-electron chi connectivity index (χ3n) is 3.85. The molecule has 1 aliphatic rings. The molecular formula is C18H34O3S. The molecule has 1 heterocycles. The van der Waals surface area contributed by atoms with Crippen LogP contribution in [0.25, 0.3) is 0 Å². The third-order valence-corrected chi connectivity index (χ3v) is 4.65. The van der Waals surface area contributed by atoms with Crippen molar-refractivity contribution in [2.45, 2.75) is 92.5 Å². The number of cyclic esters (lactones) is 1. The van der Waals surface area contributed by atoms with Crippen molar-refractivity contribution in [3.63, 3.8) is 0 Å². The van der Waals surface area contributed by atoms with Crippen molar-refractivity contribution in [3.8, 4) is 0 Å². The maximum Gasteiger partial charge on any atom is 0.367 e. The topological polar surface area (TPSA) is 35.5 Å². The second-order valence-corrected chi connectivity index (χ2v) is 10.6. The molecule has 1 aliphatic heterocycles. The van der Waals surface area contributed by atoms with Gasteiger partial charge in [-0.3, -0.25) is 0 Å². The highest BCUT2D eigenvalue weighted by Crippen LogP contribution is 2.42. The first-order valence-electron chi connectivity index (χ1n) is 8.16. The maximum atomic E-state index is 11.4. The number of hydrogen-bond donors (Lipinski definition) is 0. The molecule has 0 aromatic heterocycles. The van der Waals surface area contributed by atoms with Crippen molar-refractivity contribution in [1.82, 2.24) is 0 Å².